The van der Waals surface area contributed by atoms with E-state index >= 15 is 0 Å². The molecule has 3 aromatic carbocycles. The molecule has 1 aliphatic heterocycles. The van der Waals surface area contributed by atoms with Gasteiger partial charge in [-0.25, -0.2) is 4.39 Å². The van der Waals surface area contributed by atoms with Crippen LogP contribution in [0, 0.1) is 5.82 Å². The lowest BCUT2D eigenvalue weighted by Crippen LogP contribution is -2.60. The summed E-state index contributed by atoms with van der Waals surface area (Å²) in [5.41, 5.74) is 6.55. The van der Waals surface area contributed by atoms with Crippen LogP contribution in [-0.4, -0.2) is 41.9 Å². The molecule has 1 heterocycles. The van der Waals surface area contributed by atoms with Gasteiger partial charge in [-0.1, -0.05) is 54.1 Å². The number of hydrogen-bond donors (Lipinski definition) is 0. The van der Waals surface area contributed by atoms with Crippen molar-refractivity contribution in [2.24, 2.45) is 0 Å². The van der Waals surface area contributed by atoms with Gasteiger partial charge >= 0.3 is 0 Å². The number of hydrogen-bond acceptors (Lipinski definition) is 2. The van der Waals surface area contributed by atoms with Crippen molar-refractivity contribution in [3.05, 3.63) is 111 Å². The predicted octanol–water partition coefficient (Wildman–Crippen LogP) is 7.10. The fourth-order valence-electron chi connectivity index (χ4n) is 7.25. The summed E-state index contributed by atoms with van der Waals surface area (Å²) in [6, 6.07) is 23.1. The van der Waals surface area contributed by atoms with Gasteiger partial charge in [-0.15, -0.1) is 0 Å². The second kappa shape index (κ2) is 9.11. The molecule has 1 spiro atoms. The Labute approximate surface area is 223 Å². The fourth-order valence-corrected chi connectivity index (χ4v) is 7.44. The van der Waals surface area contributed by atoms with Crippen LogP contribution < -0.4 is 0 Å². The van der Waals surface area contributed by atoms with Gasteiger partial charge in [0.25, 0.3) is 5.91 Å². The first kappa shape index (κ1) is 24.4. The lowest BCUT2D eigenvalue weighted by molar-refractivity contribution is 0.00714. The maximum atomic E-state index is 14.3. The van der Waals surface area contributed by atoms with E-state index in [4.69, 9.17) is 11.6 Å². The smallest absolute Gasteiger partial charge is 0.254 e. The number of amides is 1. The van der Waals surface area contributed by atoms with Crippen LogP contribution in [0.15, 0.2) is 78.4 Å². The Morgan fingerprint density at radius 1 is 0.946 bits per heavy atom. The predicted molar refractivity (Wildman–Crippen MR) is 147 cm³/mol. The van der Waals surface area contributed by atoms with Crippen LogP contribution in [0.5, 0.6) is 0 Å². The molecule has 0 N–H and O–H groups in total. The van der Waals surface area contributed by atoms with Gasteiger partial charge in [0, 0.05) is 22.7 Å². The van der Waals surface area contributed by atoms with Crippen LogP contribution in [0.1, 0.15) is 59.2 Å². The molecule has 0 aromatic heterocycles. The third-order valence-electron chi connectivity index (χ3n) is 9.18. The van der Waals surface area contributed by atoms with E-state index in [9.17, 15) is 9.18 Å². The normalized spacial score (nSPS) is 24.9. The summed E-state index contributed by atoms with van der Waals surface area (Å²) in [5, 5.41) is 0.575. The van der Waals surface area contributed by atoms with Gasteiger partial charge in [0.1, 0.15) is 5.82 Å². The SMILES string of the molecule is CN(C)C1(c2cccc(F)c2)CCC2(CC1)C1=C(CCN2C(=O)c2cccc(Cl)c2)c2ccccc2C1. The summed E-state index contributed by atoms with van der Waals surface area (Å²) in [6.07, 6.45) is 5.11. The standard InChI is InChI=1S/C32H32ClFN2O/c1-35(2)31(24-9-6-11-26(34)21-24)14-16-32(17-15-31)29-20-22-7-3-4-12-27(22)28(29)13-18-36(32)30(37)23-8-5-10-25(33)19-23/h3-12,19,21H,13-18,20H2,1-2H3. The molecule has 37 heavy (non-hydrogen) atoms. The van der Waals surface area contributed by atoms with E-state index in [1.807, 2.05) is 30.3 Å². The average molecular weight is 515 g/mol. The number of benzene rings is 3. The molecule has 3 aromatic rings. The second-order valence-corrected chi connectivity index (χ2v) is 11.4. The third kappa shape index (κ3) is 3.84. The Morgan fingerprint density at radius 3 is 2.43 bits per heavy atom. The van der Waals surface area contributed by atoms with Crippen molar-refractivity contribution < 1.29 is 9.18 Å². The summed E-state index contributed by atoms with van der Waals surface area (Å²) >= 11 is 6.29. The molecule has 0 bridgehead atoms. The zero-order valence-corrected chi connectivity index (χ0v) is 22.2. The Morgan fingerprint density at radius 2 is 1.70 bits per heavy atom. The lowest BCUT2D eigenvalue weighted by Gasteiger charge is -2.56. The minimum atomic E-state index is -0.362. The number of fused-ring (bicyclic) bond motifs is 3. The number of halogens is 2. The largest absolute Gasteiger partial charge is 0.329 e. The minimum Gasteiger partial charge on any atom is -0.329 e. The highest BCUT2D eigenvalue weighted by Gasteiger charge is 2.54. The minimum absolute atomic E-state index is 0.0492. The molecule has 0 radical (unpaired) electrons. The van der Waals surface area contributed by atoms with E-state index in [2.05, 4.69) is 48.2 Å². The number of carbonyl (C=O) groups excluding carboxylic acids is 1. The first-order valence-corrected chi connectivity index (χ1v) is 13.5. The van der Waals surface area contributed by atoms with Gasteiger partial charge in [-0.05, 0) is 111 Å². The molecule has 1 saturated carbocycles. The fraction of sp³-hybridized carbons (Fsp3) is 0.344. The first-order chi connectivity index (χ1) is 17.8. The van der Waals surface area contributed by atoms with Crippen molar-refractivity contribution >= 4 is 23.1 Å². The summed E-state index contributed by atoms with van der Waals surface area (Å²) in [6.45, 7) is 0.688. The Bertz CT molecular complexity index is 1400. The van der Waals surface area contributed by atoms with Crippen molar-refractivity contribution in [2.45, 2.75) is 49.6 Å². The highest BCUT2D eigenvalue weighted by Crippen LogP contribution is 2.55. The van der Waals surface area contributed by atoms with Gasteiger partial charge in [0.15, 0.2) is 0 Å². The molecule has 0 atom stereocenters. The highest BCUT2D eigenvalue weighted by molar-refractivity contribution is 6.31. The second-order valence-electron chi connectivity index (χ2n) is 11.0. The summed E-state index contributed by atoms with van der Waals surface area (Å²) in [5.74, 6) is -0.154. The van der Waals surface area contributed by atoms with E-state index < -0.39 is 0 Å². The van der Waals surface area contributed by atoms with Crippen LogP contribution in [0.2, 0.25) is 5.02 Å². The molecule has 1 amide bonds. The highest BCUT2D eigenvalue weighted by atomic mass is 35.5. The topological polar surface area (TPSA) is 23.6 Å². The third-order valence-corrected chi connectivity index (χ3v) is 9.41. The van der Waals surface area contributed by atoms with Crippen molar-refractivity contribution in [1.82, 2.24) is 9.80 Å². The number of carbonyl (C=O) groups is 1. The van der Waals surface area contributed by atoms with Crippen LogP contribution >= 0.6 is 11.6 Å². The Kier molecular flexibility index (Phi) is 6.00. The molecule has 5 heteroatoms. The molecular formula is C32H32ClFN2O. The van der Waals surface area contributed by atoms with E-state index in [-0.39, 0.29) is 22.8 Å². The Balaban J connectivity index is 1.44. The molecule has 0 unspecified atom stereocenters. The quantitative estimate of drug-likeness (QED) is 0.372. The van der Waals surface area contributed by atoms with E-state index in [0.717, 1.165) is 44.1 Å². The van der Waals surface area contributed by atoms with Gasteiger partial charge in [-0.2, -0.15) is 0 Å². The maximum Gasteiger partial charge on any atom is 0.254 e. The zero-order valence-electron chi connectivity index (χ0n) is 21.4. The molecule has 6 rings (SSSR count). The van der Waals surface area contributed by atoms with E-state index in [1.165, 1.54) is 28.3 Å². The summed E-state index contributed by atoms with van der Waals surface area (Å²) in [7, 11) is 4.18. The molecule has 0 saturated heterocycles. The van der Waals surface area contributed by atoms with Gasteiger partial charge in [0.2, 0.25) is 0 Å². The van der Waals surface area contributed by atoms with E-state index in [0.29, 0.717) is 17.1 Å². The van der Waals surface area contributed by atoms with Crippen LogP contribution in [0.3, 0.4) is 0 Å². The molecule has 3 aliphatic rings. The van der Waals surface area contributed by atoms with Gasteiger partial charge < -0.3 is 4.90 Å². The van der Waals surface area contributed by atoms with Crippen molar-refractivity contribution in [1.29, 1.82) is 0 Å². The first-order valence-electron chi connectivity index (χ1n) is 13.2. The number of nitrogens with zero attached hydrogens (tertiary/aromatic N) is 2. The van der Waals surface area contributed by atoms with Crippen molar-refractivity contribution in [2.75, 3.05) is 20.6 Å². The van der Waals surface area contributed by atoms with Crippen molar-refractivity contribution in [3.8, 4) is 0 Å². The van der Waals surface area contributed by atoms with Gasteiger partial charge in [0.05, 0.1) is 5.54 Å². The number of rotatable bonds is 3. The van der Waals surface area contributed by atoms with Crippen LogP contribution in [0.4, 0.5) is 4.39 Å². The maximum absolute atomic E-state index is 14.3. The summed E-state index contributed by atoms with van der Waals surface area (Å²) in [4.78, 5) is 18.5. The van der Waals surface area contributed by atoms with Gasteiger partial charge in [-0.3, -0.25) is 9.69 Å². The lowest BCUT2D eigenvalue weighted by atomic mass is 9.63. The van der Waals surface area contributed by atoms with Crippen molar-refractivity contribution in [3.63, 3.8) is 0 Å². The van der Waals surface area contributed by atoms with Crippen LogP contribution in [0.25, 0.3) is 5.57 Å². The van der Waals surface area contributed by atoms with Crippen LogP contribution in [-0.2, 0) is 12.0 Å². The van der Waals surface area contributed by atoms with E-state index in [1.54, 1.807) is 12.1 Å². The molecular weight excluding hydrogens is 483 g/mol. The zero-order chi connectivity index (χ0) is 25.8. The summed E-state index contributed by atoms with van der Waals surface area (Å²) < 4.78 is 14.3. The molecule has 2 aliphatic carbocycles. The molecule has 3 nitrogen and oxygen atoms in total. The monoisotopic (exact) mass is 514 g/mol. The average Bonchev–Trinajstić information content (AvgIpc) is 3.29. The molecule has 1 fully saturated rings. The Hall–Kier alpha value is -2.95. The molecule has 190 valence electrons.